The minimum atomic E-state index is -3.93. The number of halogens is 1. The number of likely N-dealkylation sites (N-methyl/N-ethyl adjacent to an activating group) is 1. The Morgan fingerprint density at radius 1 is 1.31 bits per heavy atom. The van der Waals surface area contributed by atoms with Crippen molar-refractivity contribution in [3.05, 3.63) is 59.9 Å². The van der Waals surface area contributed by atoms with Gasteiger partial charge in [0, 0.05) is 31.2 Å². The van der Waals surface area contributed by atoms with Crippen molar-refractivity contribution >= 4 is 27.8 Å². The maximum absolute atomic E-state index is 13.5. The number of aliphatic hydroxyl groups excluding tert-OH is 1. The molecule has 2 amide bonds. The number of urea groups is 1. The summed E-state index contributed by atoms with van der Waals surface area (Å²) in [6.45, 7) is 5.31. The summed E-state index contributed by atoms with van der Waals surface area (Å²) in [5.41, 5.74) is 1.22. The van der Waals surface area contributed by atoms with Crippen molar-refractivity contribution in [2.75, 3.05) is 32.1 Å². The Bertz CT molecular complexity index is 1170. The number of hydrogen-bond acceptors (Lipinski definition) is 5. The number of ether oxygens (including phenoxy) is 1. The van der Waals surface area contributed by atoms with E-state index in [4.69, 9.17) is 4.74 Å². The van der Waals surface area contributed by atoms with E-state index in [9.17, 15) is 22.7 Å². The highest BCUT2D eigenvalue weighted by Crippen LogP contribution is 2.34. The summed E-state index contributed by atoms with van der Waals surface area (Å²) in [5.74, 6) is -0.515. The number of nitrogens with zero attached hydrogens (tertiary/aromatic N) is 2. The number of amides is 2. The number of aliphatic hydroxyl groups is 1. The Hall–Kier alpha value is -2.95. The summed E-state index contributed by atoms with van der Waals surface area (Å²) in [4.78, 5) is 14.2. The van der Waals surface area contributed by atoms with Gasteiger partial charge in [-0.05, 0) is 55.8 Å². The second-order valence-corrected chi connectivity index (χ2v) is 10.6. The van der Waals surface area contributed by atoms with Gasteiger partial charge in [-0.2, -0.15) is 4.31 Å². The molecular weight excluding hydrogens is 473 g/mol. The Kier molecular flexibility index (Phi) is 8.52. The standard InChI is InChI=1S/C25H32FN3O5S/c1-5-6-19-7-12-24-22(13-19)34-23(17(2)14-29(18(3)16-30)35(24,32)33)15-28(4)25(31)27-21-10-8-20(26)9-11-21/h5-13,17-18,23,30H,14-16H2,1-4H3,(H,27,31)/b6-5+/t17-,18+,23-/m1/s1. The van der Waals surface area contributed by atoms with Gasteiger partial charge in [0.2, 0.25) is 10.0 Å². The minimum absolute atomic E-state index is 0.0152. The first-order valence-electron chi connectivity index (χ1n) is 11.4. The number of sulfonamides is 1. The lowest BCUT2D eigenvalue weighted by molar-refractivity contribution is 0.0830. The molecule has 2 N–H and O–H groups in total. The minimum Gasteiger partial charge on any atom is -0.487 e. The third-order valence-corrected chi connectivity index (χ3v) is 7.97. The van der Waals surface area contributed by atoms with Crippen LogP contribution in [0.1, 0.15) is 26.3 Å². The number of hydrogen-bond donors (Lipinski definition) is 2. The van der Waals surface area contributed by atoms with Crippen molar-refractivity contribution in [2.45, 2.75) is 37.8 Å². The fourth-order valence-corrected chi connectivity index (χ4v) is 5.69. The van der Waals surface area contributed by atoms with Crippen LogP contribution in [0, 0.1) is 11.7 Å². The fourth-order valence-electron chi connectivity index (χ4n) is 3.86. The van der Waals surface area contributed by atoms with Crippen LogP contribution >= 0.6 is 0 Å². The van der Waals surface area contributed by atoms with Gasteiger partial charge in [-0.3, -0.25) is 0 Å². The van der Waals surface area contributed by atoms with E-state index in [1.165, 1.54) is 39.5 Å². The van der Waals surface area contributed by atoms with Gasteiger partial charge in [0.1, 0.15) is 22.6 Å². The number of fused-ring (bicyclic) bond motifs is 1. The molecule has 1 aliphatic rings. The van der Waals surface area contributed by atoms with Crippen molar-refractivity contribution in [1.82, 2.24) is 9.21 Å². The van der Waals surface area contributed by atoms with Crippen molar-refractivity contribution < 1.29 is 27.4 Å². The molecule has 0 fully saturated rings. The maximum Gasteiger partial charge on any atom is 0.321 e. The van der Waals surface area contributed by atoms with Gasteiger partial charge in [-0.1, -0.05) is 25.1 Å². The lowest BCUT2D eigenvalue weighted by atomic mass is 10.0. The summed E-state index contributed by atoms with van der Waals surface area (Å²) in [6, 6.07) is 9.27. The molecule has 0 spiro atoms. The average molecular weight is 506 g/mol. The highest BCUT2D eigenvalue weighted by atomic mass is 32.2. The third kappa shape index (κ3) is 6.19. The van der Waals surface area contributed by atoms with E-state index >= 15 is 0 Å². The molecule has 1 heterocycles. The Balaban J connectivity index is 1.92. The predicted molar refractivity (Wildman–Crippen MR) is 133 cm³/mol. The smallest absolute Gasteiger partial charge is 0.321 e. The van der Waals surface area contributed by atoms with Crippen LogP contribution in [-0.2, 0) is 10.0 Å². The van der Waals surface area contributed by atoms with Gasteiger partial charge >= 0.3 is 6.03 Å². The van der Waals surface area contributed by atoms with Gasteiger partial charge in [-0.25, -0.2) is 17.6 Å². The Labute approximate surface area is 206 Å². The molecule has 1 aliphatic heterocycles. The molecule has 35 heavy (non-hydrogen) atoms. The van der Waals surface area contributed by atoms with E-state index in [0.717, 1.165) is 5.56 Å². The van der Waals surface area contributed by atoms with E-state index in [2.05, 4.69) is 5.32 Å². The lowest BCUT2D eigenvalue weighted by Gasteiger charge is -2.37. The zero-order chi connectivity index (χ0) is 25.8. The molecule has 3 atom stereocenters. The molecule has 2 aromatic carbocycles. The predicted octanol–water partition coefficient (Wildman–Crippen LogP) is 3.79. The van der Waals surface area contributed by atoms with Gasteiger partial charge in [0.05, 0.1) is 13.2 Å². The molecule has 0 aromatic heterocycles. The molecule has 10 heteroatoms. The normalized spacial score (nSPS) is 20.9. The molecule has 0 saturated heterocycles. The number of anilines is 1. The quantitative estimate of drug-likeness (QED) is 0.622. The van der Waals surface area contributed by atoms with E-state index in [0.29, 0.717) is 5.69 Å². The SMILES string of the molecule is C/C=C/c1ccc2c(c1)O[C@H](CN(C)C(=O)Nc1ccc(F)cc1)[C@H](C)CN([C@@H](C)CO)S2(=O)=O. The summed E-state index contributed by atoms with van der Waals surface area (Å²) in [6.07, 6.45) is 3.14. The van der Waals surface area contributed by atoms with Crippen LogP contribution in [0.15, 0.2) is 53.4 Å². The summed E-state index contributed by atoms with van der Waals surface area (Å²) in [5, 5.41) is 12.5. The van der Waals surface area contributed by atoms with Crippen LogP contribution in [0.5, 0.6) is 5.75 Å². The number of rotatable bonds is 6. The van der Waals surface area contributed by atoms with Gasteiger partial charge in [-0.15, -0.1) is 0 Å². The molecule has 0 saturated carbocycles. The number of benzene rings is 2. The molecule has 8 nitrogen and oxygen atoms in total. The highest BCUT2D eigenvalue weighted by molar-refractivity contribution is 7.89. The highest BCUT2D eigenvalue weighted by Gasteiger charge is 2.38. The first kappa shape index (κ1) is 26.7. The first-order chi connectivity index (χ1) is 16.6. The second-order valence-electron chi connectivity index (χ2n) is 8.76. The van der Waals surface area contributed by atoms with Crippen LogP contribution in [0.25, 0.3) is 6.08 Å². The molecule has 3 rings (SSSR count). The van der Waals surface area contributed by atoms with E-state index < -0.39 is 34.0 Å². The van der Waals surface area contributed by atoms with E-state index in [-0.39, 0.29) is 36.3 Å². The molecule has 190 valence electrons. The van der Waals surface area contributed by atoms with Crippen LogP contribution in [-0.4, -0.2) is 67.7 Å². The maximum atomic E-state index is 13.5. The molecule has 0 aliphatic carbocycles. The molecule has 0 bridgehead atoms. The first-order valence-corrected chi connectivity index (χ1v) is 12.8. The Morgan fingerprint density at radius 3 is 2.63 bits per heavy atom. The van der Waals surface area contributed by atoms with Gasteiger partial charge in [0.15, 0.2) is 0 Å². The van der Waals surface area contributed by atoms with Crippen LogP contribution < -0.4 is 10.1 Å². The van der Waals surface area contributed by atoms with E-state index in [1.54, 1.807) is 26.1 Å². The molecule has 2 aromatic rings. The van der Waals surface area contributed by atoms with Crippen LogP contribution in [0.4, 0.5) is 14.9 Å². The molecular formula is C25H32FN3O5S. The van der Waals surface area contributed by atoms with Crippen molar-refractivity contribution in [3.8, 4) is 5.75 Å². The number of nitrogens with one attached hydrogen (secondary N) is 1. The van der Waals surface area contributed by atoms with Crippen molar-refractivity contribution in [2.24, 2.45) is 5.92 Å². The van der Waals surface area contributed by atoms with Gasteiger partial charge in [0.25, 0.3) is 0 Å². The topological polar surface area (TPSA) is 99.2 Å². The summed E-state index contributed by atoms with van der Waals surface area (Å²) < 4.78 is 47.6. The Morgan fingerprint density at radius 2 is 2.00 bits per heavy atom. The number of carbonyl (C=O) groups excluding carboxylic acids is 1. The van der Waals surface area contributed by atoms with E-state index in [1.807, 2.05) is 26.0 Å². The fraction of sp³-hybridized carbons (Fsp3) is 0.400. The molecule has 0 radical (unpaired) electrons. The summed E-state index contributed by atoms with van der Waals surface area (Å²) in [7, 11) is -2.32. The average Bonchev–Trinajstić information content (AvgIpc) is 2.82. The second kappa shape index (κ2) is 11.2. The lowest BCUT2D eigenvalue weighted by Crippen LogP contribution is -2.50. The zero-order valence-electron chi connectivity index (χ0n) is 20.3. The largest absolute Gasteiger partial charge is 0.487 e. The number of allylic oxidation sites excluding steroid dienone is 1. The zero-order valence-corrected chi connectivity index (χ0v) is 21.1. The number of carbonyl (C=O) groups is 1. The van der Waals surface area contributed by atoms with Crippen LogP contribution in [0.2, 0.25) is 0 Å². The monoisotopic (exact) mass is 505 g/mol. The summed E-state index contributed by atoms with van der Waals surface area (Å²) >= 11 is 0. The van der Waals surface area contributed by atoms with Crippen LogP contribution in [0.3, 0.4) is 0 Å². The third-order valence-electron chi connectivity index (χ3n) is 5.95. The molecule has 0 unspecified atom stereocenters. The van der Waals surface area contributed by atoms with Gasteiger partial charge < -0.3 is 20.1 Å². The van der Waals surface area contributed by atoms with Crippen molar-refractivity contribution in [1.29, 1.82) is 0 Å². The van der Waals surface area contributed by atoms with Crippen molar-refractivity contribution in [3.63, 3.8) is 0 Å².